The van der Waals surface area contributed by atoms with Gasteiger partial charge in [0.25, 0.3) is 5.91 Å². The molecule has 0 spiro atoms. The number of pyridine rings is 1. The van der Waals surface area contributed by atoms with Crippen LogP contribution in [0.3, 0.4) is 0 Å². The summed E-state index contributed by atoms with van der Waals surface area (Å²) in [5, 5.41) is 8.93. The highest BCUT2D eigenvalue weighted by molar-refractivity contribution is 7.99. The molecule has 1 atom stereocenters. The van der Waals surface area contributed by atoms with Gasteiger partial charge in [-0.3, -0.25) is 14.0 Å². The van der Waals surface area contributed by atoms with E-state index in [2.05, 4.69) is 10.2 Å². The summed E-state index contributed by atoms with van der Waals surface area (Å²) in [7, 11) is 0. The van der Waals surface area contributed by atoms with Crippen molar-refractivity contribution in [3.63, 3.8) is 0 Å². The second-order valence-electron chi connectivity index (χ2n) is 7.27. The molecule has 1 aromatic carbocycles. The van der Waals surface area contributed by atoms with Crippen LogP contribution in [0.2, 0.25) is 0 Å². The first kappa shape index (κ1) is 19.7. The maximum absolute atomic E-state index is 12.8. The molecule has 0 radical (unpaired) electrons. The van der Waals surface area contributed by atoms with Gasteiger partial charge in [0.15, 0.2) is 22.3 Å². The number of benzene rings is 1. The van der Waals surface area contributed by atoms with E-state index in [9.17, 15) is 9.59 Å². The number of fused-ring (bicyclic) bond motifs is 2. The van der Waals surface area contributed by atoms with Gasteiger partial charge >= 0.3 is 0 Å². The molecule has 31 heavy (non-hydrogen) atoms. The largest absolute Gasteiger partial charge is 0.485 e. The van der Waals surface area contributed by atoms with Crippen molar-refractivity contribution >= 4 is 29.2 Å². The van der Waals surface area contributed by atoms with Gasteiger partial charge in [-0.15, -0.1) is 10.2 Å². The number of rotatable bonds is 4. The Hall–Kier alpha value is -3.27. The summed E-state index contributed by atoms with van der Waals surface area (Å²) in [4.78, 5) is 29.0. The summed E-state index contributed by atoms with van der Waals surface area (Å²) in [6, 6.07) is 13.0. The van der Waals surface area contributed by atoms with E-state index in [1.807, 2.05) is 47.0 Å². The lowest BCUT2D eigenvalue weighted by molar-refractivity contribution is -0.145. The van der Waals surface area contributed by atoms with Crippen molar-refractivity contribution in [3.05, 3.63) is 48.7 Å². The lowest BCUT2D eigenvalue weighted by Gasteiger charge is -2.37. The number of carbonyl (C=O) groups excluding carboxylic acids is 2. The molecule has 2 aliphatic heterocycles. The first-order chi connectivity index (χ1) is 15.2. The number of piperazine rings is 1. The predicted octanol–water partition coefficient (Wildman–Crippen LogP) is 1.33. The lowest BCUT2D eigenvalue weighted by Crippen LogP contribution is -2.55. The SMILES string of the molecule is O=C(CSc1nnc2ccccn12)N1CCN(C(=O)[C@@H]2COc3ccccc3O2)CC1. The molecule has 10 heteroatoms. The molecule has 3 aromatic rings. The minimum atomic E-state index is -0.658. The zero-order valence-corrected chi connectivity index (χ0v) is 17.5. The van der Waals surface area contributed by atoms with Crippen molar-refractivity contribution in [1.82, 2.24) is 24.4 Å². The van der Waals surface area contributed by atoms with Gasteiger partial charge in [-0.1, -0.05) is 30.0 Å². The molecule has 1 fully saturated rings. The van der Waals surface area contributed by atoms with Crippen LogP contribution >= 0.6 is 11.8 Å². The van der Waals surface area contributed by atoms with Gasteiger partial charge in [-0.25, -0.2) is 0 Å². The molecule has 2 aromatic heterocycles. The van der Waals surface area contributed by atoms with Crippen molar-refractivity contribution in [3.8, 4) is 11.5 Å². The van der Waals surface area contributed by atoms with Crippen LogP contribution in [0.5, 0.6) is 11.5 Å². The van der Waals surface area contributed by atoms with Crippen LogP contribution in [0.4, 0.5) is 0 Å². The first-order valence-corrected chi connectivity index (χ1v) is 11.1. The molecule has 5 rings (SSSR count). The summed E-state index contributed by atoms with van der Waals surface area (Å²) in [5.74, 6) is 1.43. The van der Waals surface area contributed by atoms with Gasteiger partial charge in [0.05, 0.1) is 5.75 Å². The summed E-state index contributed by atoms with van der Waals surface area (Å²) < 4.78 is 13.3. The zero-order chi connectivity index (χ0) is 21.2. The number of hydrogen-bond donors (Lipinski definition) is 0. The monoisotopic (exact) mass is 439 g/mol. The Morgan fingerprint density at radius 1 is 0.968 bits per heavy atom. The molecule has 0 saturated carbocycles. The smallest absolute Gasteiger partial charge is 0.267 e. The molecule has 2 aliphatic rings. The second kappa shape index (κ2) is 8.46. The Labute approximate surface area is 182 Å². The van der Waals surface area contributed by atoms with E-state index in [-0.39, 0.29) is 24.2 Å². The Balaban J connectivity index is 1.12. The maximum atomic E-state index is 12.8. The molecule has 160 valence electrons. The Morgan fingerprint density at radius 2 is 1.71 bits per heavy atom. The fraction of sp³-hybridized carbons (Fsp3) is 0.333. The molecule has 2 amide bonds. The van der Waals surface area contributed by atoms with E-state index in [0.717, 1.165) is 5.65 Å². The zero-order valence-electron chi connectivity index (χ0n) is 16.7. The topological polar surface area (TPSA) is 89.3 Å². The average Bonchev–Trinajstić information content (AvgIpc) is 3.25. The summed E-state index contributed by atoms with van der Waals surface area (Å²) in [5.41, 5.74) is 0.751. The van der Waals surface area contributed by atoms with Crippen molar-refractivity contribution in [2.75, 3.05) is 38.5 Å². The number of para-hydroxylation sites is 2. The van der Waals surface area contributed by atoms with Crippen molar-refractivity contribution in [2.45, 2.75) is 11.3 Å². The normalized spacial score (nSPS) is 18.3. The minimum absolute atomic E-state index is 0.0240. The van der Waals surface area contributed by atoms with Gasteiger partial charge < -0.3 is 19.3 Å². The number of aromatic nitrogens is 3. The number of nitrogens with zero attached hydrogens (tertiary/aromatic N) is 5. The fourth-order valence-corrected chi connectivity index (χ4v) is 4.48. The van der Waals surface area contributed by atoms with Gasteiger partial charge in [0, 0.05) is 32.4 Å². The standard InChI is InChI=1S/C21H21N5O4S/c27-19(14-31-21-23-22-18-7-3-4-8-26(18)21)24-9-11-25(12-10-24)20(28)17-13-29-15-5-1-2-6-16(15)30-17/h1-8,17H,9-14H2/t17-/m0/s1. The average molecular weight is 439 g/mol. The number of ether oxygens (including phenoxy) is 2. The van der Waals surface area contributed by atoms with E-state index in [1.54, 1.807) is 15.9 Å². The molecule has 1 saturated heterocycles. The van der Waals surface area contributed by atoms with Crippen molar-refractivity contribution in [1.29, 1.82) is 0 Å². The molecule has 0 aliphatic carbocycles. The van der Waals surface area contributed by atoms with Gasteiger partial charge in [-0.05, 0) is 24.3 Å². The minimum Gasteiger partial charge on any atom is -0.485 e. The quantitative estimate of drug-likeness (QED) is 0.567. The third kappa shape index (κ3) is 4.02. The number of amides is 2. The van der Waals surface area contributed by atoms with Gasteiger partial charge in [0.1, 0.15) is 6.61 Å². The van der Waals surface area contributed by atoms with Gasteiger partial charge in [0.2, 0.25) is 12.0 Å². The number of hydrogen-bond acceptors (Lipinski definition) is 7. The van der Waals surface area contributed by atoms with Crippen LogP contribution in [-0.4, -0.2) is 80.9 Å². The molecule has 0 unspecified atom stereocenters. The van der Waals surface area contributed by atoms with E-state index >= 15 is 0 Å². The third-order valence-electron chi connectivity index (χ3n) is 5.34. The van der Waals surface area contributed by atoms with Crippen molar-refractivity contribution in [2.24, 2.45) is 0 Å². The summed E-state index contributed by atoms with van der Waals surface area (Å²) >= 11 is 1.36. The molecule has 9 nitrogen and oxygen atoms in total. The van der Waals surface area contributed by atoms with Crippen molar-refractivity contribution < 1.29 is 19.1 Å². The highest BCUT2D eigenvalue weighted by Gasteiger charge is 2.33. The first-order valence-electron chi connectivity index (χ1n) is 10.1. The lowest BCUT2D eigenvalue weighted by atomic mass is 10.2. The molecule has 0 bridgehead atoms. The number of carbonyl (C=O) groups is 2. The molecular weight excluding hydrogens is 418 g/mol. The van der Waals surface area contributed by atoms with Gasteiger partial charge in [-0.2, -0.15) is 0 Å². The Bertz CT molecular complexity index is 1110. The van der Waals surface area contributed by atoms with Crippen LogP contribution in [-0.2, 0) is 9.59 Å². The summed E-state index contributed by atoms with van der Waals surface area (Å²) in [6.45, 7) is 2.14. The Morgan fingerprint density at radius 3 is 2.55 bits per heavy atom. The highest BCUT2D eigenvalue weighted by Crippen LogP contribution is 2.31. The van der Waals surface area contributed by atoms with Crippen LogP contribution in [0, 0.1) is 0 Å². The maximum Gasteiger partial charge on any atom is 0.267 e. The van der Waals surface area contributed by atoms with Crippen LogP contribution < -0.4 is 9.47 Å². The van der Waals surface area contributed by atoms with E-state index in [0.29, 0.717) is 42.8 Å². The fourth-order valence-electron chi connectivity index (χ4n) is 3.66. The van der Waals surface area contributed by atoms with Crippen LogP contribution in [0.1, 0.15) is 0 Å². The molecular formula is C21H21N5O4S. The second-order valence-corrected chi connectivity index (χ2v) is 8.21. The Kier molecular flexibility index (Phi) is 5.37. The molecule has 0 N–H and O–H groups in total. The van der Waals surface area contributed by atoms with E-state index in [4.69, 9.17) is 9.47 Å². The third-order valence-corrected chi connectivity index (χ3v) is 6.26. The van der Waals surface area contributed by atoms with E-state index < -0.39 is 6.10 Å². The van der Waals surface area contributed by atoms with E-state index in [1.165, 1.54) is 11.8 Å². The van der Waals surface area contributed by atoms with Crippen LogP contribution in [0.25, 0.3) is 5.65 Å². The number of thioether (sulfide) groups is 1. The molecule has 4 heterocycles. The summed E-state index contributed by atoms with van der Waals surface area (Å²) in [6.07, 6.45) is 1.22. The highest BCUT2D eigenvalue weighted by atomic mass is 32.2. The predicted molar refractivity (Wildman–Crippen MR) is 113 cm³/mol. The van der Waals surface area contributed by atoms with Crippen LogP contribution in [0.15, 0.2) is 53.8 Å².